The Labute approximate surface area is 324 Å². The van der Waals surface area contributed by atoms with Crippen molar-refractivity contribution in [3.05, 3.63) is 206 Å². The smallest absolute Gasteiger partial charge is 0.0547 e. The van der Waals surface area contributed by atoms with Crippen LogP contribution in [0.25, 0.3) is 69.9 Å². The Bertz CT molecular complexity index is 3080. The van der Waals surface area contributed by atoms with E-state index in [0.717, 1.165) is 23.5 Å². The summed E-state index contributed by atoms with van der Waals surface area (Å²) in [5.41, 5.74) is 13.3. The lowest BCUT2D eigenvalue weighted by Crippen LogP contribution is -2.09. The molecule has 0 bridgehead atoms. The molecule has 55 heavy (non-hydrogen) atoms. The number of nitrogens with zero attached hydrogens (tertiary/aromatic N) is 2. The summed E-state index contributed by atoms with van der Waals surface area (Å²) in [5, 5.41) is 5.18. The van der Waals surface area contributed by atoms with Gasteiger partial charge in [-0.05, 0) is 101 Å². The van der Waals surface area contributed by atoms with Crippen LogP contribution in [0.2, 0.25) is 0 Å². The Balaban J connectivity index is 0.995. The average Bonchev–Trinajstić information content (AvgIpc) is 3.79. The van der Waals surface area contributed by atoms with Crippen molar-refractivity contribution >= 4 is 76.1 Å². The first-order chi connectivity index (χ1) is 27.2. The van der Waals surface area contributed by atoms with Gasteiger partial charge in [0.1, 0.15) is 0 Å². The fraction of sp³-hybridized carbons (Fsp3) is 0.0385. The molecular weight excluding hydrogens is 685 g/mol. The largest absolute Gasteiger partial charge is 0.310 e. The number of rotatable bonds is 6. The van der Waals surface area contributed by atoms with Crippen molar-refractivity contribution in [3.8, 4) is 22.3 Å². The molecule has 2 aliphatic rings. The minimum Gasteiger partial charge on any atom is -0.310 e. The van der Waals surface area contributed by atoms with E-state index in [9.17, 15) is 0 Å². The second-order valence-corrected chi connectivity index (χ2v) is 15.6. The normalized spacial score (nSPS) is 15.1. The van der Waals surface area contributed by atoms with Crippen molar-refractivity contribution < 1.29 is 0 Å². The Kier molecular flexibility index (Phi) is 7.53. The first kappa shape index (κ1) is 31.8. The highest BCUT2D eigenvalue weighted by Crippen LogP contribution is 2.42. The van der Waals surface area contributed by atoms with Crippen LogP contribution >= 0.6 is 11.3 Å². The van der Waals surface area contributed by atoms with Crippen molar-refractivity contribution in [2.24, 2.45) is 5.92 Å². The molecule has 0 aliphatic heterocycles. The molecule has 9 aromatic rings. The molecule has 3 heteroatoms. The van der Waals surface area contributed by atoms with Gasteiger partial charge in [0.15, 0.2) is 0 Å². The van der Waals surface area contributed by atoms with E-state index in [1.54, 1.807) is 0 Å². The first-order valence-electron chi connectivity index (χ1n) is 19.0. The van der Waals surface area contributed by atoms with Crippen LogP contribution in [0.1, 0.15) is 6.42 Å². The molecule has 0 saturated heterocycles. The summed E-state index contributed by atoms with van der Waals surface area (Å²) in [4.78, 5) is 2.38. The molecule has 2 nitrogen and oxygen atoms in total. The molecule has 1 atom stereocenters. The van der Waals surface area contributed by atoms with E-state index in [1.165, 1.54) is 75.5 Å². The maximum Gasteiger partial charge on any atom is 0.0547 e. The summed E-state index contributed by atoms with van der Waals surface area (Å²) in [6.45, 7) is 0. The van der Waals surface area contributed by atoms with Crippen LogP contribution in [0.4, 0.5) is 17.1 Å². The third-order valence-corrected chi connectivity index (χ3v) is 12.4. The summed E-state index contributed by atoms with van der Waals surface area (Å²) in [6.07, 6.45) is 14.7. The fourth-order valence-corrected chi connectivity index (χ4v) is 9.75. The topological polar surface area (TPSA) is 8.17 Å². The highest BCUT2D eigenvalue weighted by atomic mass is 32.1. The van der Waals surface area contributed by atoms with Gasteiger partial charge in [0, 0.05) is 59.6 Å². The van der Waals surface area contributed by atoms with Crippen molar-refractivity contribution in [1.29, 1.82) is 0 Å². The van der Waals surface area contributed by atoms with Crippen LogP contribution in [0.5, 0.6) is 0 Å². The molecule has 0 N–H and O–H groups in total. The highest BCUT2D eigenvalue weighted by Gasteiger charge is 2.20. The van der Waals surface area contributed by atoms with E-state index in [0.29, 0.717) is 5.92 Å². The maximum absolute atomic E-state index is 2.46. The molecule has 0 amide bonds. The minimum atomic E-state index is 0.462. The number of anilines is 3. The van der Waals surface area contributed by atoms with Gasteiger partial charge in [0.25, 0.3) is 0 Å². The van der Waals surface area contributed by atoms with Crippen molar-refractivity contribution in [1.82, 2.24) is 4.57 Å². The molecule has 2 aliphatic carbocycles. The molecule has 7 aromatic carbocycles. The second kappa shape index (κ2) is 13.0. The lowest BCUT2D eigenvalue weighted by atomic mass is 9.87. The van der Waals surface area contributed by atoms with Crippen LogP contribution in [0.3, 0.4) is 0 Å². The van der Waals surface area contributed by atoms with Gasteiger partial charge < -0.3 is 9.47 Å². The molecule has 0 fully saturated rings. The predicted octanol–water partition coefficient (Wildman–Crippen LogP) is 14.9. The van der Waals surface area contributed by atoms with Gasteiger partial charge in [-0.15, -0.1) is 11.3 Å². The van der Waals surface area contributed by atoms with E-state index in [-0.39, 0.29) is 0 Å². The number of fused-ring (bicyclic) bond motifs is 7. The third kappa shape index (κ3) is 5.47. The number of hydrogen-bond acceptors (Lipinski definition) is 2. The Morgan fingerprint density at radius 2 is 1.16 bits per heavy atom. The molecule has 260 valence electrons. The zero-order chi connectivity index (χ0) is 36.3. The van der Waals surface area contributed by atoms with Crippen molar-refractivity contribution in [3.63, 3.8) is 0 Å². The van der Waals surface area contributed by atoms with Crippen LogP contribution in [0.15, 0.2) is 206 Å². The van der Waals surface area contributed by atoms with E-state index in [4.69, 9.17) is 0 Å². The van der Waals surface area contributed by atoms with Gasteiger partial charge in [-0.2, -0.15) is 0 Å². The first-order valence-corrected chi connectivity index (χ1v) is 19.8. The molecular formula is C52H36N2S. The lowest BCUT2D eigenvalue weighted by Gasteiger charge is -2.26. The molecule has 0 radical (unpaired) electrons. The molecule has 2 heterocycles. The van der Waals surface area contributed by atoms with Crippen LogP contribution < -0.4 is 4.90 Å². The lowest BCUT2D eigenvalue weighted by molar-refractivity contribution is 0.777. The number of aromatic nitrogens is 1. The number of thiophene rings is 1. The summed E-state index contributed by atoms with van der Waals surface area (Å²) in [5.74, 6) is 0.462. The van der Waals surface area contributed by atoms with Crippen molar-refractivity contribution in [2.45, 2.75) is 6.42 Å². The Morgan fingerprint density at radius 1 is 0.491 bits per heavy atom. The van der Waals surface area contributed by atoms with Gasteiger partial charge in [-0.25, -0.2) is 0 Å². The third-order valence-electron chi connectivity index (χ3n) is 11.3. The molecule has 2 aromatic heterocycles. The van der Waals surface area contributed by atoms with Crippen LogP contribution in [-0.2, 0) is 0 Å². The number of hydrogen-bond donors (Lipinski definition) is 0. The van der Waals surface area contributed by atoms with E-state index in [1.807, 2.05) is 11.3 Å². The van der Waals surface area contributed by atoms with Gasteiger partial charge in [-0.1, -0.05) is 134 Å². The molecule has 1 unspecified atom stereocenters. The summed E-state index contributed by atoms with van der Waals surface area (Å²) < 4.78 is 5.08. The molecule has 0 saturated carbocycles. The van der Waals surface area contributed by atoms with Crippen LogP contribution in [0, 0.1) is 5.92 Å². The van der Waals surface area contributed by atoms with Gasteiger partial charge in [-0.3, -0.25) is 0 Å². The highest BCUT2D eigenvalue weighted by molar-refractivity contribution is 7.25. The Hall–Kier alpha value is -6.68. The van der Waals surface area contributed by atoms with Gasteiger partial charge >= 0.3 is 0 Å². The predicted molar refractivity (Wildman–Crippen MR) is 237 cm³/mol. The summed E-state index contributed by atoms with van der Waals surface area (Å²) in [6, 6.07) is 60.1. The quantitative estimate of drug-likeness (QED) is 0.166. The van der Waals surface area contributed by atoms with Crippen molar-refractivity contribution in [2.75, 3.05) is 4.90 Å². The number of para-hydroxylation sites is 2. The van der Waals surface area contributed by atoms with Gasteiger partial charge in [0.05, 0.1) is 11.0 Å². The second-order valence-electron chi connectivity index (χ2n) is 14.5. The summed E-state index contributed by atoms with van der Waals surface area (Å²) >= 11 is 1.86. The summed E-state index contributed by atoms with van der Waals surface area (Å²) in [7, 11) is 0. The van der Waals surface area contributed by atoms with E-state index < -0.39 is 0 Å². The Morgan fingerprint density at radius 3 is 2.05 bits per heavy atom. The monoisotopic (exact) mass is 720 g/mol. The van der Waals surface area contributed by atoms with Gasteiger partial charge in [0.2, 0.25) is 0 Å². The average molecular weight is 721 g/mol. The zero-order valence-electron chi connectivity index (χ0n) is 30.1. The maximum atomic E-state index is 2.46. The minimum absolute atomic E-state index is 0.462. The van der Waals surface area contributed by atoms with E-state index >= 15 is 0 Å². The van der Waals surface area contributed by atoms with Crippen LogP contribution in [-0.4, -0.2) is 4.57 Å². The molecule has 0 spiro atoms. The zero-order valence-corrected chi connectivity index (χ0v) is 31.0. The molecule has 11 rings (SSSR count). The fourth-order valence-electron chi connectivity index (χ4n) is 8.61. The number of allylic oxidation sites excluding steroid dienone is 8. The standard InChI is InChI=1S/C52H36N2S/c1-2-17-41(18-3-1)53(44-27-29-48-47-21-7-9-23-51(47)55-52(48)34-44)42-19-11-16-39(32-42)36-14-10-15-37(30-36)40-25-28-46-45-20-6-8-22-49(45)54(50(46)33-40)43-26-24-35-12-4-5-13-38(35)31-43/h1-23,25-35H,24H2. The van der Waals surface area contributed by atoms with E-state index in [2.05, 4.69) is 210 Å². The SMILES string of the molecule is C1=CC2=CC(n3c4ccccc4c4ccc(-c5cccc(-c6cccc(N(c7ccccc7)c7ccc8c(c7)sc7ccccc78)c6)c5)cc43)=CCC2C=C1. The number of benzene rings is 7.